The van der Waals surface area contributed by atoms with Gasteiger partial charge in [-0.15, -0.1) is 0 Å². The lowest BCUT2D eigenvalue weighted by atomic mass is 10.0. The number of carbonyl (C=O) groups is 2. The molecule has 1 aliphatic heterocycles. The molecule has 0 aliphatic carbocycles. The molecule has 1 atom stereocenters. The predicted molar refractivity (Wildman–Crippen MR) is 125 cm³/mol. The molecule has 2 aromatic rings. The van der Waals surface area contributed by atoms with E-state index in [9.17, 15) is 9.59 Å². The van der Waals surface area contributed by atoms with Gasteiger partial charge in [0.15, 0.2) is 0 Å². The van der Waals surface area contributed by atoms with Crippen molar-refractivity contribution in [3.63, 3.8) is 0 Å². The van der Waals surface area contributed by atoms with Crippen molar-refractivity contribution in [2.24, 2.45) is 5.92 Å². The average molecular weight is 424 g/mol. The van der Waals surface area contributed by atoms with Crippen molar-refractivity contribution < 1.29 is 14.3 Å². The molecule has 1 aliphatic rings. The lowest BCUT2D eigenvalue weighted by Gasteiger charge is -2.29. The molecule has 6 nitrogen and oxygen atoms in total. The number of amides is 2. The number of rotatable bonds is 8. The van der Waals surface area contributed by atoms with Crippen LogP contribution in [0.3, 0.4) is 0 Å². The third-order valence-corrected chi connectivity index (χ3v) is 5.52. The fourth-order valence-electron chi connectivity index (χ4n) is 3.82. The topological polar surface area (TPSA) is 70.7 Å². The van der Waals surface area contributed by atoms with Crippen molar-refractivity contribution in [3.05, 3.63) is 54.1 Å². The van der Waals surface area contributed by atoms with E-state index >= 15 is 0 Å². The Bertz CT molecular complexity index is 874. The summed E-state index contributed by atoms with van der Waals surface area (Å²) in [4.78, 5) is 28.2. The van der Waals surface area contributed by atoms with Gasteiger partial charge in [0, 0.05) is 24.5 Å². The van der Waals surface area contributed by atoms with Gasteiger partial charge in [-0.2, -0.15) is 0 Å². The van der Waals surface area contributed by atoms with Gasteiger partial charge in [0.2, 0.25) is 5.91 Å². The molecule has 3 rings (SSSR count). The average Bonchev–Trinajstić information content (AvgIpc) is 2.78. The number of nitrogens with zero attached hydrogens (tertiary/aromatic N) is 1. The van der Waals surface area contributed by atoms with Gasteiger partial charge in [0.25, 0.3) is 5.91 Å². The summed E-state index contributed by atoms with van der Waals surface area (Å²) in [6.07, 6.45) is 3.74. The Balaban J connectivity index is 1.66. The number of carbonyl (C=O) groups excluding carboxylic acids is 2. The van der Waals surface area contributed by atoms with E-state index in [1.165, 1.54) is 24.9 Å². The van der Waals surface area contributed by atoms with Gasteiger partial charge in [-0.25, -0.2) is 0 Å². The number of anilines is 2. The standard InChI is InChI=1S/C25H33N3O3/c1-4-31-22-11-7-6-10-21(22)24(29)27-23(18(2)3)25(30)26-19-12-14-20(15-13-19)28-16-8-5-9-17-28/h6-7,10-15,18,23H,4-5,8-9,16-17H2,1-3H3,(H,26,30)(H,27,29)/t23-/m0/s1. The quantitative estimate of drug-likeness (QED) is 0.657. The third kappa shape index (κ3) is 6.00. The van der Waals surface area contributed by atoms with E-state index in [0.29, 0.717) is 17.9 Å². The predicted octanol–water partition coefficient (Wildman–Crippen LogP) is 4.47. The molecule has 1 heterocycles. The van der Waals surface area contributed by atoms with Gasteiger partial charge < -0.3 is 20.3 Å². The van der Waals surface area contributed by atoms with E-state index in [4.69, 9.17) is 4.74 Å². The Labute approximate surface area is 185 Å². The van der Waals surface area contributed by atoms with Gasteiger partial charge in [-0.3, -0.25) is 9.59 Å². The molecule has 0 radical (unpaired) electrons. The summed E-state index contributed by atoms with van der Waals surface area (Å²) in [5, 5.41) is 5.82. The zero-order valence-electron chi connectivity index (χ0n) is 18.7. The maximum Gasteiger partial charge on any atom is 0.255 e. The van der Waals surface area contributed by atoms with Crippen LogP contribution in [0.25, 0.3) is 0 Å². The van der Waals surface area contributed by atoms with Gasteiger partial charge in [0.1, 0.15) is 11.8 Å². The Morgan fingerprint density at radius 2 is 1.68 bits per heavy atom. The number of piperidine rings is 1. The molecular weight excluding hydrogens is 390 g/mol. The van der Waals surface area contributed by atoms with Crippen molar-refractivity contribution in [2.45, 2.75) is 46.1 Å². The first kappa shape index (κ1) is 22.7. The summed E-state index contributed by atoms with van der Waals surface area (Å²) in [6, 6.07) is 14.3. The Kier molecular flexibility index (Phi) is 7.93. The van der Waals surface area contributed by atoms with Crippen LogP contribution in [0, 0.1) is 5.92 Å². The molecule has 6 heteroatoms. The van der Waals surface area contributed by atoms with Crippen LogP contribution in [0.15, 0.2) is 48.5 Å². The number of ether oxygens (including phenoxy) is 1. The molecule has 2 N–H and O–H groups in total. The van der Waals surface area contributed by atoms with Crippen molar-refractivity contribution in [1.29, 1.82) is 0 Å². The van der Waals surface area contributed by atoms with Crippen LogP contribution in [0.2, 0.25) is 0 Å². The summed E-state index contributed by atoms with van der Waals surface area (Å²) >= 11 is 0. The van der Waals surface area contributed by atoms with Gasteiger partial charge in [0.05, 0.1) is 12.2 Å². The van der Waals surface area contributed by atoms with Gasteiger partial charge >= 0.3 is 0 Å². The fourth-order valence-corrected chi connectivity index (χ4v) is 3.82. The van der Waals surface area contributed by atoms with Crippen LogP contribution in [-0.2, 0) is 4.79 Å². The molecule has 1 saturated heterocycles. The zero-order chi connectivity index (χ0) is 22.2. The monoisotopic (exact) mass is 423 g/mol. The highest BCUT2D eigenvalue weighted by Gasteiger charge is 2.26. The van der Waals surface area contributed by atoms with Crippen LogP contribution < -0.4 is 20.3 Å². The van der Waals surface area contributed by atoms with E-state index in [1.807, 2.05) is 51.1 Å². The molecule has 166 valence electrons. The first-order valence-corrected chi connectivity index (χ1v) is 11.2. The second-order valence-electron chi connectivity index (χ2n) is 8.21. The fraction of sp³-hybridized carbons (Fsp3) is 0.440. The van der Waals surface area contributed by atoms with Crippen molar-refractivity contribution in [3.8, 4) is 5.75 Å². The Morgan fingerprint density at radius 3 is 2.32 bits per heavy atom. The lowest BCUT2D eigenvalue weighted by molar-refractivity contribution is -0.118. The summed E-state index contributed by atoms with van der Waals surface area (Å²) < 4.78 is 5.55. The molecule has 1 fully saturated rings. The summed E-state index contributed by atoms with van der Waals surface area (Å²) in [5.74, 6) is -0.115. The summed E-state index contributed by atoms with van der Waals surface area (Å²) in [7, 11) is 0. The molecule has 0 saturated carbocycles. The molecule has 2 aromatic carbocycles. The van der Waals surface area contributed by atoms with Crippen LogP contribution in [0.4, 0.5) is 11.4 Å². The van der Waals surface area contributed by atoms with Crippen molar-refractivity contribution in [2.75, 3.05) is 29.9 Å². The molecule has 2 amide bonds. The van der Waals surface area contributed by atoms with E-state index < -0.39 is 6.04 Å². The number of hydrogen-bond donors (Lipinski definition) is 2. The first-order chi connectivity index (χ1) is 15.0. The van der Waals surface area contributed by atoms with E-state index in [-0.39, 0.29) is 17.7 Å². The minimum absolute atomic E-state index is 0.0733. The van der Waals surface area contributed by atoms with Crippen LogP contribution >= 0.6 is 0 Å². The smallest absolute Gasteiger partial charge is 0.255 e. The van der Waals surface area contributed by atoms with Crippen LogP contribution in [0.1, 0.15) is 50.4 Å². The van der Waals surface area contributed by atoms with E-state index in [2.05, 4.69) is 15.5 Å². The van der Waals surface area contributed by atoms with Crippen molar-refractivity contribution in [1.82, 2.24) is 5.32 Å². The molecule has 0 unspecified atom stereocenters. The van der Waals surface area contributed by atoms with Gasteiger partial charge in [-0.1, -0.05) is 26.0 Å². The normalized spacial score (nSPS) is 14.8. The van der Waals surface area contributed by atoms with Gasteiger partial charge in [-0.05, 0) is 68.5 Å². The number of hydrogen-bond acceptors (Lipinski definition) is 4. The second-order valence-corrected chi connectivity index (χ2v) is 8.21. The minimum Gasteiger partial charge on any atom is -0.493 e. The molecule has 31 heavy (non-hydrogen) atoms. The summed E-state index contributed by atoms with van der Waals surface area (Å²) in [5.41, 5.74) is 2.33. The summed E-state index contributed by atoms with van der Waals surface area (Å²) in [6.45, 7) is 8.32. The number of para-hydroxylation sites is 1. The molecule has 0 spiro atoms. The maximum absolute atomic E-state index is 13.0. The second kappa shape index (κ2) is 10.8. The Hall–Kier alpha value is -3.02. The zero-order valence-corrected chi connectivity index (χ0v) is 18.7. The van der Waals surface area contributed by atoms with E-state index in [1.54, 1.807) is 18.2 Å². The highest BCUT2D eigenvalue weighted by Crippen LogP contribution is 2.22. The number of benzene rings is 2. The number of nitrogens with one attached hydrogen (secondary N) is 2. The lowest BCUT2D eigenvalue weighted by Crippen LogP contribution is -2.47. The minimum atomic E-state index is -0.663. The largest absolute Gasteiger partial charge is 0.493 e. The maximum atomic E-state index is 13.0. The third-order valence-electron chi connectivity index (χ3n) is 5.52. The molecule has 0 bridgehead atoms. The van der Waals surface area contributed by atoms with Crippen molar-refractivity contribution >= 4 is 23.2 Å². The van der Waals surface area contributed by atoms with Crippen LogP contribution in [0.5, 0.6) is 5.75 Å². The SMILES string of the molecule is CCOc1ccccc1C(=O)N[C@H](C(=O)Nc1ccc(N2CCCCC2)cc1)C(C)C. The highest BCUT2D eigenvalue weighted by atomic mass is 16.5. The Morgan fingerprint density at radius 1 is 1.00 bits per heavy atom. The highest BCUT2D eigenvalue weighted by molar-refractivity contribution is 6.02. The molecular formula is C25H33N3O3. The first-order valence-electron chi connectivity index (χ1n) is 11.2. The molecule has 0 aromatic heterocycles. The van der Waals surface area contributed by atoms with Crippen LogP contribution in [-0.4, -0.2) is 37.6 Å². The van der Waals surface area contributed by atoms with E-state index in [0.717, 1.165) is 18.8 Å².